The van der Waals surface area contributed by atoms with Crippen molar-refractivity contribution in [1.82, 2.24) is 9.96 Å². The van der Waals surface area contributed by atoms with Crippen LogP contribution in [0.25, 0.3) is 0 Å². The Morgan fingerprint density at radius 1 is 1.05 bits per heavy atom. The highest BCUT2D eigenvalue weighted by Crippen LogP contribution is 2.22. The molecule has 2 aliphatic rings. The number of benzene rings is 1. The van der Waals surface area contributed by atoms with Crippen LogP contribution in [0.2, 0.25) is 0 Å². The second kappa shape index (κ2) is 5.05. The lowest BCUT2D eigenvalue weighted by atomic mass is 10.1. The van der Waals surface area contributed by atoms with Crippen LogP contribution in [0.4, 0.5) is 0 Å². The topological polar surface area (TPSA) is 66.9 Å². The number of amides is 3. The molecule has 0 radical (unpaired) electrons. The van der Waals surface area contributed by atoms with Crippen molar-refractivity contribution < 1.29 is 19.2 Å². The number of nitrogens with zero attached hydrogens (tertiary/aromatic N) is 2. The normalized spacial score (nSPS) is 17.8. The summed E-state index contributed by atoms with van der Waals surface area (Å²) in [7, 11) is 0. The molecule has 3 amide bonds. The lowest BCUT2D eigenvalue weighted by molar-refractivity contribution is -0.148. The third kappa shape index (κ3) is 2.08. The van der Waals surface area contributed by atoms with Crippen LogP contribution in [0.15, 0.2) is 24.3 Å². The summed E-state index contributed by atoms with van der Waals surface area (Å²) in [6, 6.07) is 6.51. The third-order valence-electron chi connectivity index (χ3n) is 3.53. The molecule has 2 heterocycles. The first kappa shape index (κ1) is 12.8. The highest BCUT2D eigenvalue weighted by atomic mass is 16.7. The Bertz CT molecular complexity index is 543. The largest absolute Gasteiger partial charge is 0.341 e. The minimum Gasteiger partial charge on any atom is -0.341 e. The maximum absolute atomic E-state index is 12.0. The van der Waals surface area contributed by atoms with Crippen molar-refractivity contribution >= 4 is 17.7 Å². The molecule has 0 bridgehead atoms. The van der Waals surface area contributed by atoms with E-state index in [9.17, 15) is 14.4 Å². The first-order valence-corrected chi connectivity index (χ1v) is 6.57. The van der Waals surface area contributed by atoms with Crippen molar-refractivity contribution in [1.29, 1.82) is 0 Å². The lowest BCUT2D eigenvalue weighted by Gasteiger charge is -2.17. The highest BCUT2D eigenvalue weighted by Gasteiger charge is 2.37. The van der Waals surface area contributed by atoms with Crippen molar-refractivity contribution in [2.45, 2.75) is 12.8 Å². The Hall–Kier alpha value is -2.21. The van der Waals surface area contributed by atoms with Crippen molar-refractivity contribution in [3.8, 4) is 0 Å². The van der Waals surface area contributed by atoms with Gasteiger partial charge in [-0.05, 0) is 25.0 Å². The van der Waals surface area contributed by atoms with Gasteiger partial charge in [0.1, 0.15) is 0 Å². The Morgan fingerprint density at radius 3 is 2.15 bits per heavy atom. The highest BCUT2D eigenvalue weighted by molar-refractivity contribution is 6.20. The number of carbonyl (C=O) groups excluding carboxylic acids is 3. The second-order valence-corrected chi connectivity index (χ2v) is 4.81. The van der Waals surface area contributed by atoms with Gasteiger partial charge in [0.05, 0.1) is 11.1 Å². The van der Waals surface area contributed by atoms with E-state index in [2.05, 4.69) is 0 Å². The molecule has 0 atom stereocenters. The van der Waals surface area contributed by atoms with Crippen LogP contribution in [-0.4, -0.2) is 47.4 Å². The van der Waals surface area contributed by atoms with Crippen molar-refractivity contribution in [2.24, 2.45) is 0 Å². The molecule has 1 saturated heterocycles. The zero-order chi connectivity index (χ0) is 14.1. The average Bonchev–Trinajstić information content (AvgIpc) is 3.07. The number of hydrogen-bond acceptors (Lipinski definition) is 4. The number of hydroxylamine groups is 2. The fourth-order valence-electron chi connectivity index (χ4n) is 2.46. The molecule has 2 aliphatic heterocycles. The van der Waals surface area contributed by atoms with E-state index in [4.69, 9.17) is 4.84 Å². The summed E-state index contributed by atoms with van der Waals surface area (Å²) in [5.74, 6) is -1.22. The quantitative estimate of drug-likeness (QED) is 0.766. The fraction of sp³-hybridized carbons (Fsp3) is 0.357. The van der Waals surface area contributed by atoms with Crippen LogP contribution in [0, 0.1) is 0 Å². The Labute approximate surface area is 115 Å². The Morgan fingerprint density at radius 2 is 1.60 bits per heavy atom. The van der Waals surface area contributed by atoms with Crippen LogP contribution in [0.1, 0.15) is 33.6 Å². The molecule has 0 aliphatic carbocycles. The summed E-state index contributed by atoms with van der Waals surface area (Å²) < 4.78 is 0. The lowest BCUT2D eigenvalue weighted by Crippen LogP contribution is -2.37. The smallest absolute Gasteiger partial charge is 0.285 e. The SMILES string of the molecule is O=C(CON1C(=O)c2ccccc2C1=O)N1CCCC1. The summed E-state index contributed by atoms with van der Waals surface area (Å²) in [5, 5.41) is 0.679. The Balaban J connectivity index is 1.66. The maximum atomic E-state index is 12.0. The molecule has 0 unspecified atom stereocenters. The zero-order valence-corrected chi connectivity index (χ0v) is 10.9. The second-order valence-electron chi connectivity index (χ2n) is 4.81. The molecule has 0 spiro atoms. The standard InChI is InChI=1S/C14H14N2O4/c17-12(15-7-3-4-8-15)9-20-16-13(18)10-5-1-2-6-11(10)14(16)19/h1-2,5-6H,3-4,7-9H2. The van der Waals surface area contributed by atoms with Crippen LogP contribution in [-0.2, 0) is 9.63 Å². The predicted octanol–water partition coefficient (Wildman–Crippen LogP) is 0.837. The van der Waals surface area contributed by atoms with Crippen LogP contribution in [0.3, 0.4) is 0 Å². The van der Waals surface area contributed by atoms with Crippen molar-refractivity contribution in [2.75, 3.05) is 19.7 Å². The number of rotatable bonds is 3. The van der Waals surface area contributed by atoms with Crippen LogP contribution in [0.5, 0.6) is 0 Å². The van der Waals surface area contributed by atoms with E-state index in [-0.39, 0.29) is 12.5 Å². The maximum Gasteiger partial charge on any atom is 0.285 e. The number of fused-ring (bicyclic) bond motifs is 1. The molecule has 1 aromatic carbocycles. The Kier molecular flexibility index (Phi) is 3.23. The van der Waals surface area contributed by atoms with E-state index in [0.29, 0.717) is 29.3 Å². The summed E-state index contributed by atoms with van der Waals surface area (Å²) in [6.07, 6.45) is 1.97. The number of carbonyl (C=O) groups is 3. The van der Waals surface area contributed by atoms with Crippen molar-refractivity contribution in [3.63, 3.8) is 0 Å². The van der Waals surface area contributed by atoms with E-state index >= 15 is 0 Å². The monoisotopic (exact) mass is 274 g/mol. The molecule has 20 heavy (non-hydrogen) atoms. The van der Waals surface area contributed by atoms with E-state index in [1.165, 1.54) is 0 Å². The number of imide groups is 1. The number of likely N-dealkylation sites (tertiary alicyclic amines) is 1. The van der Waals surface area contributed by atoms with Gasteiger partial charge in [-0.25, -0.2) is 0 Å². The first-order valence-electron chi connectivity index (χ1n) is 6.57. The third-order valence-corrected chi connectivity index (χ3v) is 3.53. The van der Waals surface area contributed by atoms with E-state index in [0.717, 1.165) is 12.8 Å². The molecular formula is C14H14N2O4. The minimum atomic E-state index is -0.514. The first-order chi connectivity index (χ1) is 9.68. The molecule has 0 saturated carbocycles. The van der Waals surface area contributed by atoms with Gasteiger partial charge in [0.25, 0.3) is 17.7 Å². The van der Waals surface area contributed by atoms with Gasteiger partial charge in [-0.1, -0.05) is 12.1 Å². The molecule has 3 rings (SSSR count). The van der Waals surface area contributed by atoms with Crippen molar-refractivity contribution in [3.05, 3.63) is 35.4 Å². The molecule has 6 heteroatoms. The summed E-state index contributed by atoms with van der Waals surface area (Å²) >= 11 is 0. The van der Waals surface area contributed by atoms with Gasteiger partial charge in [-0.3, -0.25) is 19.2 Å². The summed E-state index contributed by atoms with van der Waals surface area (Å²) in [4.78, 5) is 42.6. The number of hydrogen-bond donors (Lipinski definition) is 0. The molecular weight excluding hydrogens is 260 g/mol. The molecule has 0 aromatic heterocycles. The van der Waals surface area contributed by atoms with E-state index in [1.807, 2.05) is 0 Å². The van der Waals surface area contributed by atoms with Crippen LogP contribution < -0.4 is 0 Å². The molecule has 104 valence electrons. The van der Waals surface area contributed by atoms with Gasteiger partial charge < -0.3 is 4.90 Å². The predicted molar refractivity (Wildman–Crippen MR) is 68.7 cm³/mol. The van der Waals surface area contributed by atoms with Gasteiger partial charge in [0.15, 0.2) is 6.61 Å². The molecule has 1 fully saturated rings. The van der Waals surface area contributed by atoms with Gasteiger partial charge in [0, 0.05) is 13.1 Å². The zero-order valence-electron chi connectivity index (χ0n) is 10.9. The minimum absolute atomic E-state index is 0.195. The van der Waals surface area contributed by atoms with E-state index in [1.54, 1.807) is 29.2 Å². The van der Waals surface area contributed by atoms with Gasteiger partial charge in [0.2, 0.25) is 0 Å². The summed E-state index contributed by atoms with van der Waals surface area (Å²) in [5.41, 5.74) is 0.622. The van der Waals surface area contributed by atoms with Gasteiger partial charge >= 0.3 is 0 Å². The molecule has 1 aromatic rings. The van der Waals surface area contributed by atoms with Crippen LogP contribution >= 0.6 is 0 Å². The van der Waals surface area contributed by atoms with Gasteiger partial charge in [-0.15, -0.1) is 5.06 Å². The average molecular weight is 274 g/mol. The molecule has 0 N–H and O–H groups in total. The molecule has 6 nitrogen and oxygen atoms in total. The van der Waals surface area contributed by atoms with E-state index < -0.39 is 11.8 Å². The fourth-order valence-corrected chi connectivity index (χ4v) is 2.46. The summed E-state index contributed by atoms with van der Waals surface area (Å²) in [6.45, 7) is 1.14. The van der Waals surface area contributed by atoms with Gasteiger partial charge in [-0.2, -0.15) is 0 Å².